The Morgan fingerprint density at radius 2 is 1.02 bits per heavy atom. The summed E-state index contributed by atoms with van der Waals surface area (Å²) in [5, 5.41) is 5.11. The highest BCUT2D eigenvalue weighted by Gasteiger charge is 2.39. The van der Waals surface area contributed by atoms with Gasteiger partial charge in [-0.05, 0) is 86.8 Å². The molecule has 2 heteroatoms. The zero-order chi connectivity index (χ0) is 34.1. The van der Waals surface area contributed by atoms with E-state index in [2.05, 4.69) is 195 Å². The van der Waals surface area contributed by atoms with Gasteiger partial charge in [0, 0.05) is 47.9 Å². The van der Waals surface area contributed by atoms with Gasteiger partial charge in [0.1, 0.15) is 0 Å². The van der Waals surface area contributed by atoms with Crippen molar-refractivity contribution in [3.63, 3.8) is 0 Å². The quantitative estimate of drug-likeness (QED) is 0.176. The standard InChI is InChI=1S/C49H35NS/c1-49(2)43-22-12-10-21-41(43)47-44(49)30-34-16-6-7-19-39(34)48(47)50(36-28-29-46-42(31-36)40-20-11-13-23-45(40)51-46)35-26-24-33(25-27-35)38-18-9-8-17-37(38)32-14-4-3-5-15-32/h3-31H,1-2H3. The summed E-state index contributed by atoms with van der Waals surface area (Å²) in [7, 11) is 0. The van der Waals surface area contributed by atoms with Crippen LogP contribution < -0.4 is 4.90 Å². The van der Waals surface area contributed by atoms with Crippen molar-refractivity contribution >= 4 is 59.3 Å². The van der Waals surface area contributed by atoms with Crippen LogP contribution in [0.1, 0.15) is 25.0 Å². The minimum Gasteiger partial charge on any atom is -0.309 e. The monoisotopic (exact) mass is 669 g/mol. The number of hydrogen-bond acceptors (Lipinski definition) is 2. The highest BCUT2D eigenvalue weighted by atomic mass is 32.1. The molecule has 1 heterocycles. The molecule has 242 valence electrons. The molecule has 0 radical (unpaired) electrons. The Balaban J connectivity index is 1.25. The lowest BCUT2D eigenvalue weighted by molar-refractivity contribution is 0.661. The fraction of sp³-hybridized carbons (Fsp3) is 0.0612. The normalized spacial score (nSPS) is 13.1. The molecule has 0 atom stereocenters. The van der Waals surface area contributed by atoms with Crippen molar-refractivity contribution in [2.75, 3.05) is 4.90 Å². The Bertz CT molecular complexity index is 2770. The van der Waals surface area contributed by atoms with Crippen LogP contribution in [0.4, 0.5) is 17.1 Å². The third kappa shape index (κ3) is 4.67. The summed E-state index contributed by atoms with van der Waals surface area (Å²) >= 11 is 1.87. The maximum absolute atomic E-state index is 2.53. The maximum Gasteiger partial charge on any atom is 0.0621 e. The summed E-state index contributed by atoms with van der Waals surface area (Å²) in [6, 6.07) is 64.9. The van der Waals surface area contributed by atoms with E-state index in [1.807, 2.05) is 11.3 Å². The van der Waals surface area contributed by atoms with E-state index < -0.39 is 0 Å². The molecular weight excluding hydrogens is 635 g/mol. The minimum atomic E-state index is -0.130. The van der Waals surface area contributed by atoms with Crippen LogP contribution in [-0.4, -0.2) is 0 Å². The molecule has 0 fully saturated rings. The zero-order valence-corrected chi connectivity index (χ0v) is 29.4. The number of benzene rings is 8. The molecule has 1 aromatic heterocycles. The molecule has 0 spiro atoms. The summed E-state index contributed by atoms with van der Waals surface area (Å²) in [6.45, 7) is 4.76. The van der Waals surface area contributed by atoms with Gasteiger partial charge in [0.05, 0.1) is 5.69 Å². The predicted octanol–water partition coefficient (Wildman–Crippen LogP) is 14.3. The lowest BCUT2D eigenvalue weighted by Crippen LogP contribution is -2.16. The number of rotatable bonds is 5. The molecule has 0 saturated carbocycles. The summed E-state index contributed by atoms with van der Waals surface area (Å²) in [5.74, 6) is 0. The second kappa shape index (κ2) is 11.6. The number of nitrogens with zero attached hydrogens (tertiary/aromatic N) is 1. The van der Waals surface area contributed by atoms with E-state index in [0.29, 0.717) is 0 Å². The second-order valence-corrected chi connectivity index (χ2v) is 15.2. The fourth-order valence-corrected chi connectivity index (χ4v) is 9.46. The smallest absolute Gasteiger partial charge is 0.0621 e. The molecule has 51 heavy (non-hydrogen) atoms. The van der Waals surface area contributed by atoms with Crippen molar-refractivity contribution in [3.05, 3.63) is 187 Å². The number of thiophene rings is 1. The van der Waals surface area contributed by atoms with Gasteiger partial charge in [-0.1, -0.05) is 147 Å². The Morgan fingerprint density at radius 3 is 1.80 bits per heavy atom. The van der Waals surface area contributed by atoms with Crippen LogP contribution in [0, 0.1) is 0 Å². The summed E-state index contributed by atoms with van der Waals surface area (Å²) in [5.41, 5.74) is 13.7. The van der Waals surface area contributed by atoms with Crippen LogP contribution in [-0.2, 0) is 5.41 Å². The van der Waals surface area contributed by atoms with Crippen LogP contribution in [0.5, 0.6) is 0 Å². The van der Waals surface area contributed by atoms with Crippen molar-refractivity contribution < 1.29 is 0 Å². The molecule has 1 nitrogen and oxygen atoms in total. The predicted molar refractivity (Wildman–Crippen MR) is 220 cm³/mol. The van der Waals surface area contributed by atoms with Gasteiger partial charge in [0.25, 0.3) is 0 Å². The summed E-state index contributed by atoms with van der Waals surface area (Å²) < 4.78 is 2.63. The van der Waals surface area contributed by atoms with Crippen LogP contribution >= 0.6 is 11.3 Å². The SMILES string of the molecule is CC1(C)c2ccccc2-c2c1cc1ccccc1c2N(c1ccc(-c2ccccc2-c2ccccc2)cc1)c1ccc2sc3ccccc3c2c1. The molecule has 0 N–H and O–H groups in total. The van der Waals surface area contributed by atoms with Crippen LogP contribution in [0.15, 0.2) is 176 Å². The largest absolute Gasteiger partial charge is 0.309 e. The average Bonchev–Trinajstić information content (AvgIpc) is 3.67. The second-order valence-electron chi connectivity index (χ2n) is 14.1. The summed E-state index contributed by atoms with van der Waals surface area (Å²) in [6.07, 6.45) is 0. The number of hydrogen-bond donors (Lipinski definition) is 0. The minimum absolute atomic E-state index is 0.130. The molecule has 8 aromatic carbocycles. The third-order valence-corrected chi connectivity index (χ3v) is 12.0. The van der Waals surface area contributed by atoms with Crippen LogP contribution in [0.3, 0.4) is 0 Å². The molecule has 1 aliphatic carbocycles. The lowest BCUT2D eigenvalue weighted by Gasteiger charge is -2.31. The molecular formula is C49H35NS. The fourth-order valence-electron chi connectivity index (χ4n) is 8.37. The first-order chi connectivity index (χ1) is 25.1. The van der Waals surface area contributed by atoms with Gasteiger partial charge in [-0.25, -0.2) is 0 Å². The Labute approximate surface area is 302 Å². The third-order valence-electron chi connectivity index (χ3n) is 10.9. The van der Waals surface area contributed by atoms with E-state index in [9.17, 15) is 0 Å². The topological polar surface area (TPSA) is 3.24 Å². The summed E-state index contributed by atoms with van der Waals surface area (Å²) in [4.78, 5) is 2.53. The van der Waals surface area contributed by atoms with Crippen molar-refractivity contribution in [1.29, 1.82) is 0 Å². The van der Waals surface area contributed by atoms with E-state index in [4.69, 9.17) is 0 Å². The van der Waals surface area contributed by atoms with Gasteiger partial charge >= 0.3 is 0 Å². The average molecular weight is 670 g/mol. The van der Waals surface area contributed by atoms with E-state index in [-0.39, 0.29) is 5.41 Å². The van der Waals surface area contributed by atoms with Gasteiger partial charge in [-0.2, -0.15) is 0 Å². The molecule has 0 bridgehead atoms. The molecule has 0 amide bonds. The van der Waals surface area contributed by atoms with E-state index >= 15 is 0 Å². The van der Waals surface area contributed by atoms with Gasteiger partial charge in [0.2, 0.25) is 0 Å². The van der Waals surface area contributed by atoms with E-state index in [1.54, 1.807) is 0 Å². The van der Waals surface area contributed by atoms with Crippen LogP contribution in [0.2, 0.25) is 0 Å². The van der Waals surface area contributed by atoms with Crippen LogP contribution in [0.25, 0.3) is 64.3 Å². The Hall–Kier alpha value is -5.96. The van der Waals surface area contributed by atoms with E-state index in [0.717, 1.165) is 11.4 Å². The molecule has 9 aromatic rings. The molecule has 0 saturated heterocycles. The Kier molecular flexibility index (Phi) is 6.78. The highest BCUT2D eigenvalue weighted by molar-refractivity contribution is 7.25. The van der Waals surface area contributed by atoms with Crippen molar-refractivity contribution in [2.45, 2.75) is 19.3 Å². The van der Waals surface area contributed by atoms with Gasteiger partial charge in [-0.15, -0.1) is 11.3 Å². The van der Waals surface area contributed by atoms with Crippen molar-refractivity contribution in [2.24, 2.45) is 0 Å². The van der Waals surface area contributed by atoms with E-state index in [1.165, 1.54) is 81.1 Å². The van der Waals surface area contributed by atoms with Crippen molar-refractivity contribution in [3.8, 4) is 33.4 Å². The maximum atomic E-state index is 2.53. The first kappa shape index (κ1) is 29.9. The molecule has 10 rings (SSSR count). The van der Waals surface area contributed by atoms with Crippen molar-refractivity contribution in [1.82, 2.24) is 0 Å². The van der Waals surface area contributed by atoms with Gasteiger partial charge in [0.15, 0.2) is 0 Å². The van der Waals surface area contributed by atoms with Gasteiger partial charge in [-0.3, -0.25) is 0 Å². The first-order valence-corrected chi connectivity index (χ1v) is 18.5. The molecule has 0 aliphatic heterocycles. The lowest BCUT2D eigenvalue weighted by atomic mass is 9.81. The molecule has 0 unspecified atom stereocenters. The molecule has 1 aliphatic rings. The number of fused-ring (bicyclic) bond motifs is 7. The van der Waals surface area contributed by atoms with Gasteiger partial charge < -0.3 is 4.90 Å². The first-order valence-electron chi connectivity index (χ1n) is 17.7. The Morgan fingerprint density at radius 1 is 0.431 bits per heavy atom. The zero-order valence-electron chi connectivity index (χ0n) is 28.6. The number of anilines is 3. The highest BCUT2D eigenvalue weighted by Crippen LogP contribution is 2.57.